The van der Waals surface area contributed by atoms with Gasteiger partial charge >= 0.3 is 6.03 Å². The Balaban J connectivity index is 2.63. The molecule has 0 bridgehead atoms. The Morgan fingerprint density at radius 2 is 2.05 bits per heavy atom. The van der Waals surface area contributed by atoms with E-state index in [1.165, 1.54) is 0 Å². The summed E-state index contributed by atoms with van der Waals surface area (Å²) in [7, 11) is 0. The van der Waals surface area contributed by atoms with Gasteiger partial charge in [0.15, 0.2) is 0 Å². The van der Waals surface area contributed by atoms with Gasteiger partial charge in [0.05, 0.1) is 0 Å². The van der Waals surface area contributed by atoms with Crippen LogP contribution in [0.15, 0.2) is 18.2 Å². The average Bonchev–Trinajstić information content (AvgIpc) is 2.34. The van der Waals surface area contributed by atoms with E-state index < -0.39 is 18.0 Å². The first-order valence-electron chi connectivity index (χ1n) is 6.05. The van der Waals surface area contributed by atoms with Crippen molar-refractivity contribution in [2.75, 3.05) is 11.9 Å². The quantitative estimate of drug-likeness (QED) is 0.794. The molecule has 3 N–H and O–H groups in total. The third-order valence-electron chi connectivity index (χ3n) is 2.54. The lowest BCUT2D eigenvalue weighted by Gasteiger charge is -2.16. The molecule has 0 fully saturated rings. The van der Waals surface area contributed by atoms with Gasteiger partial charge in [-0.15, -0.1) is 0 Å². The normalized spacial score (nSPS) is 11.6. The molecule has 0 aliphatic heterocycles. The first-order chi connectivity index (χ1) is 8.93. The number of nitrogens with one attached hydrogen (secondary N) is 3. The predicted octanol–water partition coefficient (Wildman–Crippen LogP) is 2.29. The summed E-state index contributed by atoms with van der Waals surface area (Å²) in [6.07, 6.45) is 0. The van der Waals surface area contributed by atoms with Crippen molar-refractivity contribution in [3.05, 3.63) is 28.8 Å². The summed E-state index contributed by atoms with van der Waals surface area (Å²) in [4.78, 5) is 23.0. The fourth-order valence-electron chi connectivity index (χ4n) is 1.47. The molecule has 0 heterocycles. The molecule has 0 aliphatic rings. The number of imide groups is 1. The molecule has 0 spiro atoms. The maximum atomic E-state index is 11.8. The van der Waals surface area contributed by atoms with E-state index in [2.05, 4.69) is 16.0 Å². The zero-order valence-corrected chi connectivity index (χ0v) is 12.0. The Kier molecular flexibility index (Phi) is 5.63. The van der Waals surface area contributed by atoms with Crippen molar-refractivity contribution in [3.63, 3.8) is 0 Å². The number of rotatable bonds is 4. The van der Waals surface area contributed by atoms with Crippen LogP contribution in [0, 0.1) is 6.92 Å². The van der Waals surface area contributed by atoms with Crippen molar-refractivity contribution in [2.45, 2.75) is 26.8 Å². The minimum Gasteiger partial charge on any atom is -0.374 e. The molecule has 0 radical (unpaired) electrons. The van der Waals surface area contributed by atoms with Crippen LogP contribution in [-0.4, -0.2) is 24.5 Å². The van der Waals surface area contributed by atoms with Crippen LogP contribution in [0.3, 0.4) is 0 Å². The maximum Gasteiger partial charge on any atom is 0.321 e. The zero-order chi connectivity index (χ0) is 14.4. The number of halogens is 1. The number of carbonyl (C=O) groups excluding carboxylic acids is 2. The van der Waals surface area contributed by atoms with Crippen molar-refractivity contribution in [3.8, 4) is 0 Å². The van der Waals surface area contributed by atoms with Gasteiger partial charge in [0, 0.05) is 17.3 Å². The molecule has 5 nitrogen and oxygen atoms in total. The molecule has 104 valence electrons. The van der Waals surface area contributed by atoms with Crippen LogP contribution in [-0.2, 0) is 4.79 Å². The van der Waals surface area contributed by atoms with E-state index in [0.717, 1.165) is 11.3 Å². The van der Waals surface area contributed by atoms with Crippen LogP contribution < -0.4 is 16.0 Å². The summed E-state index contributed by atoms with van der Waals surface area (Å²) in [5.41, 5.74) is 1.74. The van der Waals surface area contributed by atoms with E-state index in [0.29, 0.717) is 11.6 Å². The summed E-state index contributed by atoms with van der Waals surface area (Å²) in [6, 6.07) is 4.34. The highest BCUT2D eigenvalue weighted by Crippen LogP contribution is 2.20. The number of hydrogen-bond acceptors (Lipinski definition) is 3. The van der Waals surface area contributed by atoms with E-state index in [-0.39, 0.29) is 0 Å². The average molecular weight is 284 g/mol. The van der Waals surface area contributed by atoms with Crippen LogP contribution in [0.4, 0.5) is 10.5 Å². The monoisotopic (exact) mass is 283 g/mol. The second kappa shape index (κ2) is 6.99. The summed E-state index contributed by atoms with van der Waals surface area (Å²) in [5.74, 6) is -0.398. The van der Waals surface area contributed by atoms with Gasteiger partial charge in [-0.3, -0.25) is 10.1 Å². The minimum absolute atomic E-state index is 0.398. The fraction of sp³-hybridized carbons (Fsp3) is 0.385. The number of anilines is 1. The van der Waals surface area contributed by atoms with Gasteiger partial charge in [-0.05, 0) is 38.5 Å². The Morgan fingerprint density at radius 3 is 2.68 bits per heavy atom. The van der Waals surface area contributed by atoms with Gasteiger partial charge < -0.3 is 10.6 Å². The van der Waals surface area contributed by atoms with Gasteiger partial charge in [-0.1, -0.05) is 17.7 Å². The fourth-order valence-corrected chi connectivity index (χ4v) is 1.65. The van der Waals surface area contributed by atoms with Gasteiger partial charge in [0.1, 0.15) is 6.04 Å². The lowest BCUT2D eigenvalue weighted by molar-refractivity contribution is -0.120. The molecule has 3 amide bonds. The molecular weight excluding hydrogens is 266 g/mol. The molecule has 1 aromatic rings. The van der Waals surface area contributed by atoms with Gasteiger partial charge in [-0.2, -0.15) is 0 Å². The van der Waals surface area contributed by atoms with Crippen molar-refractivity contribution < 1.29 is 9.59 Å². The maximum absolute atomic E-state index is 11.8. The molecule has 1 rings (SSSR count). The summed E-state index contributed by atoms with van der Waals surface area (Å²) < 4.78 is 0. The molecule has 0 saturated carbocycles. The van der Waals surface area contributed by atoms with E-state index in [4.69, 9.17) is 11.6 Å². The Hall–Kier alpha value is -1.75. The highest BCUT2D eigenvalue weighted by atomic mass is 35.5. The largest absolute Gasteiger partial charge is 0.374 e. The van der Waals surface area contributed by atoms with Crippen molar-refractivity contribution in [2.24, 2.45) is 0 Å². The third-order valence-corrected chi connectivity index (χ3v) is 2.77. The topological polar surface area (TPSA) is 70.2 Å². The molecule has 1 aromatic carbocycles. The van der Waals surface area contributed by atoms with Crippen LogP contribution in [0.25, 0.3) is 0 Å². The number of carbonyl (C=O) groups is 2. The number of aryl methyl sites for hydroxylation is 1. The molecule has 19 heavy (non-hydrogen) atoms. The van der Waals surface area contributed by atoms with Gasteiger partial charge in [-0.25, -0.2) is 4.79 Å². The van der Waals surface area contributed by atoms with Crippen LogP contribution in [0.1, 0.15) is 19.4 Å². The summed E-state index contributed by atoms with van der Waals surface area (Å²) in [5, 5.41) is 8.36. The van der Waals surface area contributed by atoms with Crippen LogP contribution >= 0.6 is 11.6 Å². The summed E-state index contributed by atoms with van der Waals surface area (Å²) >= 11 is 5.90. The smallest absolute Gasteiger partial charge is 0.321 e. The molecule has 0 saturated heterocycles. The second-order valence-corrected chi connectivity index (χ2v) is 4.61. The first-order valence-corrected chi connectivity index (χ1v) is 6.43. The lowest BCUT2D eigenvalue weighted by atomic mass is 10.2. The Bertz CT molecular complexity index is 477. The van der Waals surface area contributed by atoms with E-state index in [9.17, 15) is 9.59 Å². The first kappa shape index (κ1) is 15.3. The van der Waals surface area contributed by atoms with Crippen molar-refractivity contribution >= 4 is 29.2 Å². The SMILES string of the molecule is CCNC(=O)NC(=O)C(C)Nc1cc(Cl)ccc1C. The predicted molar refractivity (Wildman–Crippen MR) is 76.5 cm³/mol. The lowest BCUT2D eigenvalue weighted by Crippen LogP contribution is -2.45. The second-order valence-electron chi connectivity index (χ2n) is 4.17. The number of benzene rings is 1. The minimum atomic E-state index is -0.542. The molecular formula is C13H18ClN3O2. The number of urea groups is 1. The van der Waals surface area contributed by atoms with Gasteiger partial charge in [0.2, 0.25) is 5.91 Å². The standard InChI is InChI=1S/C13H18ClN3O2/c1-4-15-13(19)17-12(18)9(3)16-11-7-10(14)6-5-8(11)2/h5-7,9,16H,4H2,1-3H3,(H2,15,17,18,19). The zero-order valence-electron chi connectivity index (χ0n) is 11.2. The van der Waals surface area contributed by atoms with E-state index in [1.54, 1.807) is 26.0 Å². The molecule has 0 aliphatic carbocycles. The van der Waals surface area contributed by atoms with Gasteiger partial charge in [0.25, 0.3) is 0 Å². The van der Waals surface area contributed by atoms with E-state index >= 15 is 0 Å². The Labute approximate surface area is 117 Å². The van der Waals surface area contributed by atoms with Crippen LogP contribution in [0.5, 0.6) is 0 Å². The summed E-state index contributed by atoms with van der Waals surface area (Å²) in [6.45, 7) is 5.83. The number of hydrogen-bond donors (Lipinski definition) is 3. The molecule has 1 unspecified atom stereocenters. The highest BCUT2D eigenvalue weighted by molar-refractivity contribution is 6.30. The van der Waals surface area contributed by atoms with Crippen molar-refractivity contribution in [1.82, 2.24) is 10.6 Å². The molecule has 6 heteroatoms. The molecule has 0 aromatic heterocycles. The molecule has 1 atom stereocenters. The number of amides is 3. The van der Waals surface area contributed by atoms with Crippen molar-refractivity contribution in [1.29, 1.82) is 0 Å². The third kappa shape index (κ3) is 4.79. The highest BCUT2D eigenvalue weighted by Gasteiger charge is 2.15. The Morgan fingerprint density at radius 1 is 1.37 bits per heavy atom. The van der Waals surface area contributed by atoms with Crippen LogP contribution in [0.2, 0.25) is 5.02 Å². The van der Waals surface area contributed by atoms with E-state index in [1.807, 2.05) is 13.0 Å².